The molecule has 0 heterocycles. The van der Waals surface area contributed by atoms with Gasteiger partial charge in [0.2, 0.25) is 0 Å². The predicted molar refractivity (Wildman–Crippen MR) is 329 cm³/mol. The van der Waals surface area contributed by atoms with Crippen molar-refractivity contribution in [1.29, 1.82) is 0 Å². The third-order valence-electron chi connectivity index (χ3n) is 16.6. The average molecular weight is 889 g/mol. The molecule has 0 fully saturated rings. The monoisotopic (exact) mass is 891 g/mol. The Morgan fingerprint density at radius 3 is 0.515 bits per heavy atom. The molecule has 5 aromatic carbocycles. The van der Waals surface area contributed by atoms with E-state index in [-0.39, 0.29) is 0 Å². The van der Waals surface area contributed by atoms with Gasteiger partial charge in [0.05, 0.1) is 0 Å². The van der Waals surface area contributed by atoms with Crippen LogP contribution in [0.2, 0.25) is 136 Å². The standard InChI is InChI=1S/C32H44B6.C26H40B4/c1-33(2)19-13-14-20(34(3)4)26-25(19)31-27-21(35(5)6)15-17-23(37(9)10)29(27)32(26)30-24(38(11)12)18-16-22(28(30)31)36(7)8;1-27(2)23-15-20-12-10-14-22-18-25(29(5)6)21(17-26(22)30(7)8)13-9-11-19(23)16-24(20)28(3)4/h13-18,31-32H,1-12H3;15-18H,9-14H2,1-8H3. The van der Waals surface area contributed by atoms with E-state index in [4.69, 9.17) is 0 Å². The highest BCUT2D eigenvalue weighted by atomic mass is 14.5. The molecule has 7 aliphatic rings. The molecule has 0 radical (unpaired) electrons. The summed E-state index contributed by atoms with van der Waals surface area (Å²) in [5.41, 5.74) is 32.0. The lowest BCUT2D eigenvalue weighted by Gasteiger charge is -2.49. The molecule has 0 atom stereocenters. The van der Waals surface area contributed by atoms with E-state index in [9.17, 15) is 0 Å². The van der Waals surface area contributed by atoms with Gasteiger partial charge < -0.3 is 0 Å². The van der Waals surface area contributed by atoms with Crippen LogP contribution in [-0.4, -0.2) is 67.1 Å². The van der Waals surface area contributed by atoms with E-state index in [0.29, 0.717) is 79.0 Å². The highest BCUT2D eigenvalue weighted by molar-refractivity contribution is 6.77. The van der Waals surface area contributed by atoms with E-state index >= 15 is 0 Å². The maximum absolute atomic E-state index is 2.58. The summed E-state index contributed by atoms with van der Waals surface area (Å²) in [4.78, 5) is 0. The quantitative estimate of drug-likeness (QED) is 0.121. The molecule has 0 spiro atoms. The topological polar surface area (TPSA) is 0 Å². The van der Waals surface area contributed by atoms with Crippen molar-refractivity contribution >= 4 is 122 Å². The SMILES string of the molecule is CB(C)c1cc2c(B(C)C)cc1CCCc1cc(B(C)C)c(cc1B(C)C)CCC2.CB(C)c1ccc(B(C)C)c2c1C1c3c(B(C)C)ccc(B(C)C)c3C2c2c(B(C)C)ccc(B(C)C)c21. The van der Waals surface area contributed by atoms with E-state index in [1.807, 2.05) is 0 Å². The number of benzene rings is 5. The molecule has 346 valence electrons. The first-order valence-electron chi connectivity index (χ1n) is 27.9. The van der Waals surface area contributed by atoms with Gasteiger partial charge in [0.1, 0.15) is 0 Å². The lowest BCUT2D eigenvalue weighted by Crippen LogP contribution is -2.53. The Kier molecular flexibility index (Phi) is 16.4. The van der Waals surface area contributed by atoms with Gasteiger partial charge in [-0.2, -0.15) is 0 Å². The van der Waals surface area contributed by atoms with E-state index in [1.54, 1.807) is 110 Å². The molecule has 0 saturated carbocycles. The van der Waals surface area contributed by atoms with Crippen LogP contribution >= 0.6 is 0 Å². The lowest BCUT2D eigenvalue weighted by atomic mass is 9.34. The minimum atomic E-state index is 0.322. The van der Waals surface area contributed by atoms with Crippen LogP contribution in [0, 0.1) is 0 Å². The maximum Gasteiger partial charge on any atom is 0.170 e. The van der Waals surface area contributed by atoms with Crippen LogP contribution in [-0.2, 0) is 25.7 Å². The molecule has 0 amide bonds. The van der Waals surface area contributed by atoms with Gasteiger partial charge in [-0.3, -0.25) is 0 Å². The van der Waals surface area contributed by atoms with E-state index in [2.05, 4.69) is 197 Å². The van der Waals surface area contributed by atoms with E-state index in [0.717, 1.165) is 0 Å². The van der Waals surface area contributed by atoms with Crippen LogP contribution < -0.4 is 54.6 Å². The van der Waals surface area contributed by atoms with Crippen LogP contribution in [0.3, 0.4) is 0 Å². The Balaban J connectivity index is 0.000000207. The molecular weight excluding hydrogens is 805 g/mol. The molecule has 7 aliphatic carbocycles. The van der Waals surface area contributed by atoms with Gasteiger partial charge in [-0.1, -0.05) is 274 Å². The van der Waals surface area contributed by atoms with Crippen molar-refractivity contribution in [3.05, 3.63) is 116 Å². The number of hydrogen-bond donors (Lipinski definition) is 0. The van der Waals surface area contributed by atoms with Crippen LogP contribution in [0.4, 0.5) is 0 Å². The second-order valence-corrected chi connectivity index (χ2v) is 24.8. The zero-order valence-corrected chi connectivity index (χ0v) is 46.9. The van der Waals surface area contributed by atoms with Gasteiger partial charge in [0.15, 0.2) is 67.1 Å². The summed E-state index contributed by atoms with van der Waals surface area (Å²) in [5, 5.41) is 0. The first-order chi connectivity index (χ1) is 32.1. The highest BCUT2D eigenvalue weighted by Crippen LogP contribution is 2.53. The lowest BCUT2D eigenvalue weighted by molar-refractivity contribution is 0.778. The Labute approximate surface area is 422 Å². The van der Waals surface area contributed by atoms with Crippen molar-refractivity contribution < 1.29 is 0 Å². The molecule has 6 bridgehead atoms. The molecule has 5 aromatic rings. The van der Waals surface area contributed by atoms with Gasteiger partial charge in [0.25, 0.3) is 0 Å². The fourth-order valence-corrected chi connectivity index (χ4v) is 13.2. The van der Waals surface area contributed by atoms with Gasteiger partial charge >= 0.3 is 0 Å². The molecule has 68 heavy (non-hydrogen) atoms. The number of aryl methyl sites for hydroxylation is 4. The Hall–Kier alpha value is -3.25. The van der Waals surface area contributed by atoms with Gasteiger partial charge in [-0.25, -0.2) is 0 Å². The normalized spacial score (nSPS) is 15.3. The van der Waals surface area contributed by atoms with Crippen molar-refractivity contribution in [2.45, 2.75) is 187 Å². The van der Waals surface area contributed by atoms with E-state index in [1.165, 1.54) is 38.5 Å². The zero-order chi connectivity index (χ0) is 49.8. The first kappa shape index (κ1) is 52.6. The van der Waals surface area contributed by atoms with Gasteiger partial charge in [-0.15, -0.1) is 0 Å². The van der Waals surface area contributed by atoms with Gasteiger partial charge in [0, 0.05) is 11.8 Å². The molecular formula is C58H84B10. The third kappa shape index (κ3) is 9.86. The highest BCUT2D eigenvalue weighted by Gasteiger charge is 2.49. The Bertz CT molecular complexity index is 2210. The molecule has 0 aliphatic heterocycles. The second kappa shape index (κ2) is 21.2. The summed E-state index contributed by atoms with van der Waals surface area (Å²) in [7, 11) is 0. The molecule has 0 aromatic heterocycles. The minimum Gasteiger partial charge on any atom is -0.0819 e. The summed E-state index contributed by atoms with van der Waals surface area (Å²) in [6.07, 6.45) is 7.28. The Morgan fingerprint density at radius 2 is 0.382 bits per heavy atom. The van der Waals surface area contributed by atoms with Crippen molar-refractivity contribution in [3.63, 3.8) is 0 Å². The van der Waals surface area contributed by atoms with Crippen LogP contribution in [0.5, 0.6) is 0 Å². The third-order valence-corrected chi connectivity index (χ3v) is 16.6. The van der Waals surface area contributed by atoms with Crippen molar-refractivity contribution in [2.75, 3.05) is 0 Å². The smallest absolute Gasteiger partial charge is 0.0819 e. The second-order valence-electron chi connectivity index (χ2n) is 24.8. The summed E-state index contributed by atoms with van der Waals surface area (Å²) in [6, 6.07) is 25.2. The molecule has 0 unspecified atom stereocenters. The fraction of sp³-hybridized carbons (Fsp3) is 0.483. The van der Waals surface area contributed by atoms with Gasteiger partial charge in [-0.05, 0) is 71.9 Å². The van der Waals surface area contributed by atoms with Crippen LogP contribution in [0.25, 0.3) is 0 Å². The average Bonchev–Trinajstić information content (AvgIpc) is 3.27. The predicted octanol–water partition coefficient (Wildman–Crippen LogP) is 8.64. The summed E-state index contributed by atoms with van der Waals surface area (Å²) >= 11 is 0. The molecule has 0 N–H and O–H groups in total. The van der Waals surface area contributed by atoms with Crippen LogP contribution in [0.1, 0.15) is 80.3 Å². The maximum atomic E-state index is 2.58. The molecule has 10 heteroatoms. The molecule has 0 saturated heterocycles. The summed E-state index contributed by atoms with van der Waals surface area (Å²) in [5.74, 6) is 0.645. The first-order valence-corrected chi connectivity index (χ1v) is 27.9. The van der Waals surface area contributed by atoms with Crippen molar-refractivity contribution in [3.8, 4) is 0 Å². The minimum absolute atomic E-state index is 0.322. The zero-order valence-electron chi connectivity index (χ0n) is 46.9. The fourth-order valence-electron chi connectivity index (χ4n) is 13.2. The number of rotatable bonds is 10. The Morgan fingerprint density at radius 1 is 0.235 bits per heavy atom. The molecule has 12 rings (SSSR count). The van der Waals surface area contributed by atoms with E-state index < -0.39 is 0 Å². The largest absolute Gasteiger partial charge is 0.170 e. The van der Waals surface area contributed by atoms with Crippen molar-refractivity contribution in [1.82, 2.24) is 0 Å². The summed E-state index contributed by atoms with van der Waals surface area (Å²) < 4.78 is 0. The number of hydrogen-bond acceptors (Lipinski definition) is 0. The molecule has 0 nitrogen and oxygen atoms in total. The van der Waals surface area contributed by atoms with Crippen molar-refractivity contribution in [2.24, 2.45) is 0 Å². The van der Waals surface area contributed by atoms with Crippen LogP contribution in [0.15, 0.2) is 60.7 Å². The summed E-state index contributed by atoms with van der Waals surface area (Å²) in [6.45, 7) is 53.1.